The Bertz CT molecular complexity index is 657. The maximum atomic E-state index is 12.4. The molecule has 3 rings (SSSR count). The predicted molar refractivity (Wildman–Crippen MR) is 88.8 cm³/mol. The summed E-state index contributed by atoms with van der Waals surface area (Å²) in [5.74, 6) is 2.23. The van der Waals surface area contributed by atoms with Crippen LogP contribution >= 0.6 is 0 Å². The van der Waals surface area contributed by atoms with E-state index in [0.29, 0.717) is 18.2 Å². The summed E-state index contributed by atoms with van der Waals surface area (Å²) >= 11 is 0. The minimum Gasteiger partial charge on any atom is -0.484 e. The fourth-order valence-corrected chi connectivity index (χ4v) is 2.92. The second-order valence-corrected chi connectivity index (χ2v) is 6.08. The van der Waals surface area contributed by atoms with Crippen LogP contribution < -0.4 is 4.74 Å². The summed E-state index contributed by atoms with van der Waals surface area (Å²) in [6.45, 7) is 3.51. The smallest absolute Gasteiger partial charge is 0.260 e. The molecule has 0 bridgehead atoms. The van der Waals surface area contributed by atoms with E-state index in [0.717, 1.165) is 38.1 Å². The molecule has 0 spiro atoms. The average molecular weight is 329 g/mol. The largest absolute Gasteiger partial charge is 0.484 e. The Hall–Kier alpha value is -2.37. The van der Waals surface area contributed by atoms with E-state index in [1.54, 1.807) is 0 Å². The van der Waals surface area contributed by atoms with E-state index in [2.05, 4.69) is 17.1 Å². The lowest BCUT2D eigenvalue weighted by Crippen LogP contribution is -2.41. The minimum absolute atomic E-state index is 0.00292. The van der Waals surface area contributed by atoms with E-state index in [1.165, 1.54) is 0 Å². The first-order valence-electron chi connectivity index (χ1n) is 8.54. The van der Waals surface area contributed by atoms with Gasteiger partial charge in [0.2, 0.25) is 5.89 Å². The fourth-order valence-electron chi connectivity index (χ4n) is 2.92. The molecule has 1 atom stereocenters. The second kappa shape index (κ2) is 7.95. The van der Waals surface area contributed by atoms with Crippen LogP contribution in [0.1, 0.15) is 43.8 Å². The Morgan fingerprint density at radius 3 is 3.00 bits per heavy atom. The molecule has 1 aromatic heterocycles. The van der Waals surface area contributed by atoms with Crippen LogP contribution in [0.2, 0.25) is 0 Å². The Morgan fingerprint density at radius 1 is 1.38 bits per heavy atom. The number of likely N-dealkylation sites (tertiary alicyclic amines) is 1. The molecule has 1 fully saturated rings. The monoisotopic (exact) mass is 329 g/mol. The van der Waals surface area contributed by atoms with Gasteiger partial charge in [-0.25, -0.2) is 0 Å². The maximum absolute atomic E-state index is 12.4. The number of ether oxygens (including phenoxy) is 1. The molecule has 0 aliphatic carbocycles. The quantitative estimate of drug-likeness (QED) is 0.815. The molecule has 1 saturated heterocycles. The standard InChI is InChI=1S/C18H23N3O3/c1-2-7-16-19-18(24-20-16)14-8-6-11-21(12-14)17(22)13-23-15-9-4-3-5-10-15/h3-5,9-10,14H,2,6-8,11-13H2,1H3/t14-/m0/s1. The van der Waals surface area contributed by atoms with Gasteiger partial charge in [0.25, 0.3) is 5.91 Å². The molecule has 128 valence electrons. The molecule has 2 heterocycles. The number of nitrogens with zero attached hydrogens (tertiary/aromatic N) is 3. The molecule has 0 N–H and O–H groups in total. The number of rotatable bonds is 6. The van der Waals surface area contributed by atoms with Gasteiger partial charge in [0.05, 0.1) is 5.92 Å². The van der Waals surface area contributed by atoms with Crippen LogP contribution in [0.15, 0.2) is 34.9 Å². The van der Waals surface area contributed by atoms with E-state index >= 15 is 0 Å². The molecule has 2 aromatic rings. The summed E-state index contributed by atoms with van der Waals surface area (Å²) in [6, 6.07) is 9.39. The Morgan fingerprint density at radius 2 is 2.21 bits per heavy atom. The van der Waals surface area contributed by atoms with Crippen LogP contribution in [0.4, 0.5) is 0 Å². The Kier molecular flexibility index (Phi) is 5.46. The van der Waals surface area contributed by atoms with Crippen molar-refractivity contribution >= 4 is 5.91 Å². The van der Waals surface area contributed by atoms with Crippen molar-refractivity contribution < 1.29 is 14.1 Å². The van der Waals surface area contributed by atoms with E-state index in [9.17, 15) is 4.79 Å². The van der Waals surface area contributed by atoms with Crippen molar-refractivity contribution in [2.45, 2.75) is 38.5 Å². The van der Waals surface area contributed by atoms with Gasteiger partial charge in [0.15, 0.2) is 12.4 Å². The third kappa shape index (κ3) is 4.13. The van der Waals surface area contributed by atoms with Gasteiger partial charge in [-0.1, -0.05) is 30.3 Å². The number of hydrogen-bond donors (Lipinski definition) is 0. The summed E-state index contributed by atoms with van der Waals surface area (Å²) in [6.07, 6.45) is 3.72. The zero-order valence-electron chi connectivity index (χ0n) is 14.0. The number of piperidine rings is 1. The van der Waals surface area contributed by atoms with Gasteiger partial charge >= 0.3 is 0 Å². The number of aryl methyl sites for hydroxylation is 1. The van der Waals surface area contributed by atoms with Crippen molar-refractivity contribution in [2.75, 3.05) is 19.7 Å². The molecular weight excluding hydrogens is 306 g/mol. The number of amides is 1. The first-order valence-corrected chi connectivity index (χ1v) is 8.54. The summed E-state index contributed by atoms with van der Waals surface area (Å²) < 4.78 is 10.9. The summed E-state index contributed by atoms with van der Waals surface area (Å²) in [5.41, 5.74) is 0. The predicted octanol–water partition coefficient (Wildman–Crippen LogP) is 2.81. The van der Waals surface area contributed by atoms with Crippen LogP contribution in [0.25, 0.3) is 0 Å². The van der Waals surface area contributed by atoms with Gasteiger partial charge in [0.1, 0.15) is 5.75 Å². The SMILES string of the molecule is CCCc1noc([C@H]2CCCN(C(=O)COc3ccccc3)C2)n1. The van der Waals surface area contributed by atoms with E-state index in [-0.39, 0.29) is 18.4 Å². The van der Waals surface area contributed by atoms with Gasteiger partial charge < -0.3 is 14.2 Å². The molecule has 1 aromatic carbocycles. The molecule has 1 amide bonds. The third-order valence-corrected chi connectivity index (χ3v) is 4.19. The summed E-state index contributed by atoms with van der Waals surface area (Å²) in [5, 5.41) is 4.01. The second-order valence-electron chi connectivity index (χ2n) is 6.08. The zero-order valence-corrected chi connectivity index (χ0v) is 14.0. The van der Waals surface area contributed by atoms with Gasteiger partial charge in [-0.05, 0) is 31.4 Å². The summed E-state index contributed by atoms with van der Waals surface area (Å²) in [4.78, 5) is 18.7. The molecule has 6 heteroatoms. The van der Waals surface area contributed by atoms with Gasteiger partial charge in [-0.3, -0.25) is 4.79 Å². The van der Waals surface area contributed by atoms with Crippen molar-refractivity contribution in [1.29, 1.82) is 0 Å². The number of carbonyl (C=O) groups excluding carboxylic acids is 1. The number of hydrogen-bond acceptors (Lipinski definition) is 5. The van der Waals surface area contributed by atoms with Gasteiger partial charge in [0, 0.05) is 19.5 Å². The highest BCUT2D eigenvalue weighted by Crippen LogP contribution is 2.26. The Balaban J connectivity index is 1.55. The lowest BCUT2D eigenvalue weighted by molar-refractivity contribution is -0.134. The molecule has 1 aliphatic heterocycles. The molecule has 6 nitrogen and oxygen atoms in total. The number of para-hydroxylation sites is 1. The van der Waals surface area contributed by atoms with E-state index < -0.39 is 0 Å². The molecule has 0 unspecified atom stereocenters. The third-order valence-electron chi connectivity index (χ3n) is 4.19. The van der Waals surface area contributed by atoms with Gasteiger partial charge in [-0.15, -0.1) is 0 Å². The van der Waals surface area contributed by atoms with Crippen LogP contribution in [-0.2, 0) is 11.2 Å². The lowest BCUT2D eigenvalue weighted by atomic mass is 9.98. The zero-order chi connectivity index (χ0) is 16.8. The van der Waals surface area contributed by atoms with Crippen LogP contribution in [-0.4, -0.2) is 40.6 Å². The molecule has 24 heavy (non-hydrogen) atoms. The highest BCUT2D eigenvalue weighted by molar-refractivity contribution is 5.78. The molecule has 0 radical (unpaired) electrons. The Labute approximate surface area is 141 Å². The van der Waals surface area contributed by atoms with Crippen molar-refractivity contribution in [1.82, 2.24) is 15.0 Å². The van der Waals surface area contributed by atoms with Crippen molar-refractivity contribution in [3.05, 3.63) is 42.0 Å². The van der Waals surface area contributed by atoms with Crippen LogP contribution in [0.3, 0.4) is 0 Å². The highest BCUT2D eigenvalue weighted by Gasteiger charge is 2.28. The fraction of sp³-hybridized carbons (Fsp3) is 0.500. The van der Waals surface area contributed by atoms with Crippen LogP contribution in [0, 0.1) is 0 Å². The van der Waals surface area contributed by atoms with E-state index in [1.807, 2.05) is 35.2 Å². The number of carbonyl (C=O) groups is 1. The molecular formula is C18H23N3O3. The number of benzene rings is 1. The van der Waals surface area contributed by atoms with Crippen LogP contribution in [0.5, 0.6) is 5.75 Å². The van der Waals surface area contributed by atoms with Crippen molar-refractivity contribution in [3.63, 3.8) is 0 Å². The average Bonchev–Trinajstić information content (AvgIpc) is 3.10. The topological polar surface area (TPSA) is 68.5 Å². The van der Waals surface area contributed by atoms with Crippen molar-refractivity contribution in [3.8, 4) is 5.75 Å². The molecule has 1 aliphatic rings. The van der Waals surface area contributed by atoms with Gasteiger partial charge in [-0.2, -0.15) is 4.98 Å². The summed E-state index contributed by atoms with van der Waals surface area (Å²) in [7, 11) is 0. The van der Waals surface area contributed by atoms with Crippen molar-refractivity contribution in [2.24, 2.45) is 0 Å². The molecule has 0 saturated carbocycles. The first-order chi connectivity index (χ1) is 11.8. The number of aromatic nitrogens is 2. The highest BCUT2D eigenvalue weighted by atomic mass is 16.5. The first kappa shape index (κ1) is 16.5. The minimum atomic E-state index is -0.00292. The lowest BCUT2D eigenvalue weighted by Gasteiger charge is -2.30. The maximum Gasteiger partial charge on any atom is 0.260 e. The normalized spacial score (nSPS) is 17.7. The van der Waals surface area contributed by atoms with E-state index in [4.69, 9.17) is 9.26 Å².